The van der Waals surface area contributed by atoms with E-state index in [2.05, 4.69) is 4.98 Å². The molecular formula is C16H16N2O4S. The molecule has 3 rings (SSSR count). The molecule has 7 heteroatoms. The highest BCUT2D eigenvalue weighted by molar-refractivity contribution is 7.16. The van der Waals surface area contributed by atoms with Gasteiger partial charge in [-0.05, 0) is 36.2 Å². The number of fused-ring (bicyclic) bond motifs is 1. The molecule has 120 valence electrons. The van der Waals surface area contributed by atoms with Crippen molar-refractivity contribution < 1.29 is 19.7 Å². The van der Waals surface area contributed by atoms with Crippen LogP contribution in [-0.2, 0) is 4.74 Å². The Balaban J connectivity index is 2.11. The number of thiophene rings is 1. The number of carbonyl (C=O) groups is 1. The van der Waals surface area contributed by atoms with Crippen molar-refractivity contribution in [1.82, 2.24) is 9.55 Å². The lowest BCUT2D eigenvalue weighted by molar-refractivity contribution is 0.0605. The molecule has 0 aliphatic carbocycles. The van der Waals surface area contributed by atoms with Gasteiger partial charge in [0.25, 0.3) is 0 Å². The zero-order valence-corrected chi connectivity index (χ0v) is 13.5. The normalized spacial score (nSPS) is 12.5. The molecule has 0 spiro atoms. The summed E-state index contributed by atoms with van der Waals surface area (Å²) in [7, 11) is 1.36. The molecule has 0 radical (unpaired) electrons. The predicted molar refractivity (Wildman–Crippen MR) is 87.1 cm³/mol. The minimum Gasteiger partial charge on any atom is -0.465 e. The fourth-order valence-corrected chi connectivity index (χ4v) is 3.47. The highest BCUT2D eigenvalue weighted by Gasteiger charge is 2.17. The van der Waals surface area contributed by atoms with Crippen molar-refractivity contribution in [3.05, 3.63) is 46.6 Å². The highest BCUT2D eigenvalue weighted by Crippen LogP contribution is 2.29. The van der Waals surface area contributed by atoms with Crippen LogP contribution >= 0.6 is 11.3 Å². The average molecular weight is 332 g/mol. The molecule has 0 aliphatic heterocycles. The van der Waals surface area contributed by atoms with Crippen LogP contribution in [0.3, 0.4) is 0 Å². The third-order valence-electron chi connectivity index (χ3n) is 3.64. The molecule has 1 unspecified atom stereocenters. The van der Waals surface area contributed by atoms with E-state index in [1.165, 1.54) is 18.4 Å². The van der Waals surface area contributed by atoms with Gasteiger partial charge < -0.3 is 14.9 Å². The summed E-state index contributed by atoms with van der Waals surface area (Å²) in [4.78, 5) is 16.7. The topological polar surface area (TPSA) is 84.6 Å². The number of rotatable bonds is 4. The molecule has 0 saturated carbocycles. The van der Waals surface area contributed by atoms with Crippen molar-refractivity contribution >= 4 is 28.3 Å². The first-order valence-corrected chi connectivity index (χ1v) is 7.82. The van der Waals surface area contributed by atoms with Gasteiger partial charge in [-0.2, -0.15) is 0 Å². The van der Waals surface area contributed by atoms with Crippen LogP contribution in [0.25, 0.3) is 16.0 Å². The van der Waals surface area contributed by atoms with Gasteiger partial charge in [0, 0.05) is 0 Å². The number of aliphatic hydroxyl groups is 2. The number of carbonyl (C=O) groups excluding carboxylic acids is 1. The highest BCUT2D eigenvalue weighted by atomic mass is 32.1. The van der Waals surface area contributed by atoms with Gasteiger partial charge in [-0.1, -0.05) is 6.07 Å². The van der Waals surface area contributed by atoms with Crippen molar-refractivity contribution in [3.63, 3.8) is 0 Å². The van der Waals surface area contributed by atoms with Gasteiger partial charge in [0.05, 0.1) is 24.8 Å². The lowest BCUT2D eigenvalue weighted by atomic mass is 10.1. The molecule has 0 amide bonds. The fourth-order valence-electron chi connectivity index (χ4n) is 2.39. The first-order valence-electron chi connectivity index (χ1n) is 7.00. The number of imidazole rings is 1. The van der Waals surface area contributed by atoms with Crippen molar-refractivity contribution in [2.75, 3.05) is 13.7 Å². The number of ether oxygens (including phenoxy) is 1. The van der Waals surface area contributed by atoms with E-state index in [1.807, 2.05) is 17.6 Å². The molecule has 2 heterocycles. The molecule has 1 aromatic carbocycles. The lowest BCUT2D eigenvalue weighted by Gasteiger charge is -2.08. The molecule has 0 fully saturated rings. The molecule has 0 saturated heterocycles. The van der Waals surface area contributed by atoms with Crippen LogP contribution in [0.4, 0.5) is 0 Å². The van der Waals surface area contributed by atoms with E-state index in [4.69, 9.17) is 9.84 Å². The van der Waals surface area contributed by atoms with Gasteiger partial charge in [-0.25, -0.2) is 9.78 Å². The maximum Gasteiger partial charge on any atom is 0.348 e. The van der Waals surface area contributed by atoms with Crippen LogP contribution in [0.15, 0.2) is 30.6 Å². The second-order valence-electron chi connectivity index (χ2n) is 5.15. The van der Waals surface area contributed by atoms with E-state index in [-0.39, 0.29) is 12.6 Å². The van der Waals surface area contributed by atoms with Gasteiger partial charge in [0.1, 0.15) is 22.3 Å². The predicted octanol–water partition coefficient (Wildman–Crippen LogP) is 2.21. The second-order valence-corrected chi connectivity index (χ2v) is 6.18. The Labute approximate surface area is 136 Å². The quantitative estimate of drug-likeness (QED) is 0.716. The van der Waals surface area contributed by atoms with Crippen molar-refractivity contribution in [2.45, 2.75) is 13.0 Å². The van der Waals surface area contributed by atoms with Gasteiger partial charge >= 0.3 is 5.97 Å². The molecule has 23 heavy (non-hydrogen) atoms. The number of methoxy groups -OCH3 is 1. The van der Waals surface area contributed by atoms with Crippen LogP contribution < -0.4 is 0 Å². The van der Waals surface area contributed by atoms with Gasteiger partial charge in [-0.15, -0.1) is 11.3 Å². The Morgan fingerprint density at radius 1 is 1.43 bits per heavy atom. The second kappa shape index (κ2) is 6.11. The number of aryl methyl sites for hydroxylation is 1. The number of benzene rings is 1. The Kier molecular flexibility index (Phi) is 4.16. The number of hydrogen-bond acceptors (Lipinski definition) is 6. The third kappa shape index (κ3) is 2.74. The summed E-state index contributed by atoms with van der Waals surface area (Å²) in [6, 6.07) is 7.21. The monoisotopic (exact) mass is 332 g/mol. The zero-order chi connectivity index (χ0) is 16.6. The van der Waals surface area contributed by atoms with Crippen LogP contribution in [0, 0.1) is 6.92 Å². The van der Waals surface area contributed by atoms with Crippen molar-refractivity contribution in [2.24, 2.45) is 0 Å². The number of aromatic nitrogens is 2. The molecular weight excluding hydrogens is 316 g/mol. The smallest absolute Gasteiger partial charge is 0.348 e. The van der Waals surface area contributed by atoms with E-state index in [0.29, 0.717) is 10.4 Å². The van der Waals surface area contributed by atoms with Crippen LogP contribution in [-0.4, -0.2) is 39.5 Å². The standard InChI is InChI=1S/C16H16N2O4S/c1-9-5-14(23-15(9)16(21)22-2)18-8-17-11-4-3-10(6-12(11)18)13(20)7-19/h3-6,8,13,19-20H,7H2,1-2H3. The molecule has 2 N–H and O–H groups in total. The molecule has 6 nitrogen and oxygen atoms in total. The molecule has 3 aromatic rings. The number of aliphatic hydroxyl groups excluding tert-OH is 2. The van der Waals surface area contributed by atoms with E-state index in [9.17, 15) is 9.90 Å². The van der Waals surface area contributed by atoms with E-state index >= 15 is 0 Å². The maximum atomic E-state index is 11.8. The minimum atomic E-state index is -0.932. The summed E-state index contributed by atoms with van der Waals surface area (Å²) in [5, 5.41) is 19.7. The SMILES string of the molecule is COC(=O)c1sc(-n2cnc3ccc(C(O)CO)cc32)cc1C. The third-order valence-corrected chi connectivity index (χ3v) is 4.86. The zero-order valence-electron chi connectivity index (χ0n) is 12.7. The first kappa shape index (κ1) is 15.7. The van der Waals surface area contributed by atoms with Gasteiger partial charge in [-0.3, -0.25) is 4.57 Å². The molecule has 2 aromatic heterocycles. The Morgan fingerprint density at radius 2 is 2.22 bits per heavy atom. The summed E-state index contributed by atoms with van der Waals surface area (Å²) in [6.45, 7) is 1.51. The van der Waals surface area contributed by atoms with E-state index in [1.54, 1.807) is 24.5 Å². The molecule has 0 bridgehead atoms. The van der Waals surface area contributed by atoms with Gasteiger partial charge in [0.2, 0.25) is 0 Å². The summed E-state index contributed by atoms with van der Waals surface area (Å²) in [5.41, 5.74) is 3.02. The molecule has 0 aliphatic rings. The summed E-state index contributed by atoms with van der Waals surface area (Å²) >= 11 is 1.32. The Morgan fingerprint density at radius 3 is 2.91 bits per heavy atom. The molecule has 1 atom stereocenters. The number of esters is 1. The summed E-state index contributed by atoms with van der Waals surface area (Å²) < 4.78 is 6.64. The van der Waals surface area contributed by atoms with Crippen molar-refractivity contribution in [1.29, 1.82) is 0 Å². The summed E-state index contributed by atoms with van der Waals surface area (Å²) in [6.07, 6.45) is 0.741. The van der Waals surface area contributed by atoms with Crippen LogP contribution in [0.2, 0.25) is 0 Å². The number of hydrogen-bond donors (Lipinski definition) is 2. The van der Waals surface area contributed by atoms with E-state index in [0.717, 1.165) is 21.6 Å². The Hall–Kier alpha value is -2.22. The summed E-state index contributed by atoms with van der Waals surface area (Å²) in [5.74, 6) is -0.362. The van der Waals surface area contributed by atoms with Gasteiger partial charge in [0.15, 0.2) is 0 Å². The lowest BCUT2D eigenvalue weighted by Crippen LogP contribution is -2.02. The minimum absolute atomic E-state index is 0.343. The fraction of sp³-hybridized carbons (Fsp3) is 0.250. The average Bonchev–Trinajstić information content (AvgIpc) is 3.15. The maximum absolute atomic E-state index is 11.8. The Bertz CT molecular complexity index is 868. The largest absolute Gasteiger partial charge is 0.465 e. The van der Waals surface area contributed by atoms with Crippen molar-refractivity contribution in [3.8, 4) is 5.00 Å². The first-order chi connectivity index (χ1) is 11.0. The van der Waals surface area contributed by atoms with E-state index < -0.39 is 6.10 Å². The van der Waals surface area contributed by atoms with Crippen LogP contribution in [0.5, 0.6) is 0 Å². The van der Waals surface area contributed by atoms with Crippen LogP contribution in [0.1, 0.15) is 26.9 Å². The number of nitrogens with zero attached hydrogens (tertiary/aromatic N) is 2.